The number of allylic oxidation sites excluding steroid dienone is 1. The minimum atomic E-state index is 0.103. The van der Waals surface area contributed by atoms with Gasteiger partial charge in [-0.3, -0.25) is 9.36 Å². The molecule has 0 saturated carbocycles. The number of rotatable bonds is 7. The first kappa shape index (κ1) is 20.0. The van der Waals surface area contributed by atoms with Crippen molar-refractivity contribution in [2.24, 2.45) is 0 Å². The Morgan fingerprint density at radius 2 is 1.90 bits per heavy atom. The third kappa shape index (κ3) is 4.04. The number of pyridine rings is 1. The summed E-state index contributed by atoms with van der Waals surface area (Å²) >= 11 is 1.39. The molecule has 2 heterocycles. The van der Waals surface area contributed by atoms with Crippen molar-refractivity contribution in [3.8, 4) is 22.6 Å². The normalized spacial score (nSPS) is 11.0. The average Bonchev–Trinajstić information content (AvgIpc) is 3.14. The van der Waals surface area contributed by atoms with Gasteiger partial charge in [-0.15, -0.1) is 16.8 Å². The first-order valence-electron chi connectivity index (χ1n) is 9.70. The molecule has 0 unspecified atom stereocenters. The van der Waals surface area contributed by atoms with Crippen LogP contribution in [0.5, 0.6) is 0 Å². The van der Waals surface area contributed by atoms with Crippen LogP contribution in [0, 0.1) is 6.92 Å². The van der Waals surface area contributed by atoms with Gasteiger partial charge in [-0.2, -0.15) is 0 Å². The summed E-state index contributed by atoms with van der Waals surface area (Å²) in [5, 5.41) is 10.6. The van der Waals surface area contributed by atoms with Crippen molar-refractivity contribution >= 4 is 28.4 Å². The van der Waals surface area contributed by atoms with Gasteiger partial charge in [0.2, 0.25) is 0 Å². The molecule has 4 rings (SSSR count). The van der Waals surface area contributed by atoms with Gasteiger partial charge >= 0.3 is 0 Å². The third-order valence-electron chi connectivity index (χ3n) is 4.74. The maximum atomic E-state index is 11.5. The van der Waals surface area contributed by atoms with Gasteiger partial charge in [0.1, 0.15) is 5.78 Å². The number of carbonyl (C=O) groups excluding carboxylic acids is 1. The van der Waals surface area contributed by atoms with Crippen LogP contribution in [-0.4, -0.2) is 31.3 Å². The fraction of sp³-hybridized carbons (Fsp3) is 0.167. The van der Waals surface area contributed by atoms with Crippen molar-refractivity contribution in [2.75, 3.05) is 5.75 Å². The van der Waals surface area contributed by atoms with E-state index in [1.165, 1.54) is 17.3 Å². The Balaban J connectivity index is 1.90. The molecule has 0 aliphatic carbocycles. The zero-order chi connectivity index (χ0) is 21.1. The highest BCUT2D eigenvalue weighted by Crippen LogP contribution is 2.33. The Hall–Kier alpha value is -3.25. The Morgan fingerprint density at radius 3 is 2.63 bits per heavy atom. The largest absolute Gasteiger partial charge is 0.299 e. The molecule has 0 amide bonds. The predicted molar refractivity (Wildman–Crippen MR) is 123 cm³/mol. The van der Waals surface area contributed by atoms with E-state index >= 15 is 0 Å². The van der Waals surface area contributed by atoms with Gasteiger partial charge in [-0.05, 0) is 26.0 Å². The molecule has 2 aromatic heterocycles. The smallest absolute Gasteiger partial charge is 0.192 e. The molecule has 0 radical (unpaired) electrons. The zero-order valence-electron chi connectivity index (χ0n) is 17.0. The number of hydrogen-bond acceptors (Lipinski definition) is 5. The van der Waals surface area contributed by atoms with Crippen molar-refractivity contribution in [2.45, 2.75) is 25.5 Å². The second-order valence-electron chi connectivity index (χ2n) is 7.13. The van der Waals surface area contributed by atoms with Crippen LogP contribution in [0.1, 0.15) is 12.5 Å². The van der Waals surface area contributed by atoms with Crippen LogP contribution in [-0.2, 0) is 11.3 Å². The van der Waals surface area contributed by atoms with Gasteiger partial charge in [-0.25, -0.2) is 4.98 Å². The van der Waals surface area contributed by atoms with Crippen molar-refractivity contribution < 1.29 is 4.79 Å². The van der Waals surface area contributed by atoms with Gasteiger partial charge in [0.05, 0.1) is 17.0 Å². The van der Waals surface area contributed by atoms with E-state index in [1.807, 2.05) is 34.9 Å². The van der Waals surface area contributed by atoms with E-state index < -0.39 is 0 Å². The lowest BCUT2D eigenvalue weighted by Crippen LogP contribution is -2.03. The van der Waals surface area contributed by atoms with Crippen LogP contribution in [0.3, 0.4) is 0 Å². The summed E-state index contributed by atoms with van der Waals surface area (Å²) in [4.78, 5) is 16.3. The molecule has 0 aliphatic rings. The standard InChI is InChI=1S/C24H22N4OS/c1-4-13-28-23(26-27-24(28)30-15-17(3)29)20-14-22(18-11-9-16(2)10-12-18)25-21-8-6-5-7-19(20)21/h4-12,14H,1,13,15H2,2-3H3. The predicted octanol–water partition coefficient (Wildman–Crippen LogP) is 5.34. The highest BCUT2D eigenvalue weighted by Gasteiger charge is 2.18. The maximum absolute atomic E-state index is 11.5. The van der Waals surface area contributed by atoms with Crippen molar-refractivity contribution in [3.05, 3.63) is 72.8 Å². The second kappa shape index (κ2) is 8.63. The minimum Gasteiger partial charge on any atom is -0.299 e. The monoisotopic (exact) mass is 414 g/mol. The van der Waals surface area contributed by atoms with E-state index in [0.29, 0.717) is 17.5 Å². The molecule has 5 nitrogen and oxygen atoms in total. The Bertz CT molecular complexity index is 1230. The molecular formula is C24H22N4OS. The zero-order valence-corrected chi connectivity index (χ0v) is 17.8. The lowest BCUT2D eigenvalue weighted by Gasteiger charge is -2.12. The summed E-state index contributed by atoms with van der Waals surface area (Å²) in [6.45, 7) is 8.08. The summed E-state index contributed by atoms with van der Waals surface area (Å²) < 4.78 is 2.00. The van der Waals surface area contributed by atoms with E-state index in [2.05, 4.69) is 54.0 Å². The number of fused-ring (bicyclic) bond motifs is 1. The first-order valence-corrected chi connectivity index (χ1v) is 10.7. The summed E-state index contributed by atoms with van der Waals surface area (Å²) in [5.74, 6) is 1.21. The molecule has 0 aliphatic heterocycles. The van der Waals surface area contributed by atoms with Crippen LogP contribution in [0.25, 0.3) is 33.5 Å². The Kier molecular flexibility index (Phi) is 5.77. The molecule has 0 fully saturated rings. The van der Waals surface area contributed by atoms with E-state index in [1.54, 1.807) is 6.92 Å². The Morgan fingerprint density at radius 1 is 1.13 bits per heavy atom. The quantitative estimate of drug-likeness (QED) is 0.302. The molecule has 2 aromatic carbocycles. The van der Waals surface area contributed by atoms with Crippen LogP contribution < -0.4 is 0 Å². The number of benzene rings is 2. The number of aryl methyl sites for hydroxylation is 1. The number of aromatic nitrogens is 4. The number of ketones is 1. The van der Waals surface area contributed by atoms with E-state index in [0.717, 1.165) is 33.5 Å². The summed E-state index contributed by atoms with van der Waals surface area (Å²) in [5.41, 5.74) is 5.00. The third-order valence-corrected chi connectivity index (χ3v) is 5.85. The molecule has 0 spiro atoms. The van der Waals surface area contributed by atoms with E-state index in [4.69, 9.17) is 4.98 Å². The fourth-order valence-electron chi connectivity index (χ4n) is 3.29. The highest BCUT2D eigenvalue weighted by molar-refractivity contribution is 7.99. The van der Waals surface area contributed by atoms with Gasteiger partial charge in [0.15, 0.2) is 11.0 Å². The number of hydrogen-bond donors (Lipinski definition) is 0. The van der Waals surface area contributed by atoms with Gasteiger partial charge in [0, 0.05) is 23.1 Å². The fourth-order valence-corrected chi connectivity index (χ4v) is 4.03. The van der Waals surface area contributed by atoms with Crippen LogP contribution >= 0.6 is 11.8 Å². The van der Waals surface area contributed by atoms with E-state index in [-0.39, 0.29) is 5.78 Å². The van der Waals surface area contributed by atoms with Crippen LogP contribution in [0.4, 0.5) is 0 Å². The first-order chi connectivity index (χ1) is 14.6. The lowest BCUT2D eigenvalue weighted by atomic mass is 10.0. The van der Waals surface area contributed by atoms with Gasteiger partial charge in [-0.1, -0.05) is 65.9 Å². The SMILES string of the molecule is C=CCn1c(SCC(C)=O)nnc1-c1cc(-c2ccc(C)cc2)nc2ccccc12. The molecular weight excluding hydrogens is 392 g/mol. The number of Topliss-reactive ketones (excluding diaryl/α,β-unsaturated/α-hetero) is 1. The molecule has 0 saturated heterocycles. The number of para-hydroxylation sites is 1. The summed E-state index contributed by atoms with van der Waals surface area (Å²) in [6, 6.07) is 18.4. The topological polar surface area (TPSA) is 60.7 Å². The molecule has 0 bridgehead atoms. The lowest BCUT2D eigenvalue weighted by molar-refractivity contribution is -0.114. The molecule has 30 heavy (non-hydrogen) atoms. The maximum Gasteiger partial charge on any atom is 0.192 e. The van der Waals surface area contributed by atoms with Crippen molar-refractivity contribution in [3.63, 3.8) is 0 Å². The molecule has 150 valence electrons. The second-order valence-corrected chi connectivity index (χ2v) is 8.08. The number of nitrogens with zero attached hydrogens (tertiary/aromatic N) is 4. The summed E-state index contributed by atoms with van der Waals surface area (Å²) in [7, 11) is 0. The average molecular weight is 415 g/mol. The molecule has 6 heteroatoms. The number of carbonyl (C=O) groups is 1. The van der Waals surface area contributed by atoms with E-state index in [9.17, 15) is 4.79 Å². The molecule has 0 N–H and O–H groups in total. The Labute approximate surface area is 179 Å². The molecule has 4 aromatic rings. The van der Waals surface area contributed by atoms with Crippen LogP contribution in [0.2, 0.25) is 0 Å². The van der Waals surface area contributed by atoms with Gasteiger partial charge < -0.3 is 0 Å². The highest BCUT2D eigenvalue weighted by atomic mass is 32.2. The van der Waals surface area contributed by atoms with Crippen LogP contribution in [0.15, 0.2) is 72.4 Å². The summed E-state index contributed by atoms with van der Waals surface area (Å²) in [6.07, 6.45) is 1.81. The number of thioether (sulfide) groups is 1. The molecule has 0 atom stereocenters. The van der Waals surface area contributed by atoms with Crippen molar-refractivity contribution in [1.82, 2.24) is 19.7 Å². The minimum absolute atomic E-state index is 0.103. The van der Waals surface area contributed by atoms with Gasteiger partial charge in [0.25, 0.3) is 0 Å². The van der Waals surface area contributed by atoms with Crippen molar-refractivity contribution in [1.29, 1.82) is 0 Å².